The molecule has 2 heterocycles. The third kappa shape index (κ3) is 3.35. The monoisotopic (exact) mass is 301 g/mol. The molecule has 0 spiro atoms. The largest absolute Gasteiger partial charge is 0.459 e. The van der Waals surface area contributed by atoms with Crippen LogP contribution in [0.15, 0.2) is 46.2 Å². The maximum atomic E-state index is 5.90. The molecule has 3 aromatic rings. The van der Waals surface area contributed by atoms with E-state index in [1.54, 1.807) is 11.3 Å². The van der Waals surface area contributed by atoms with Gasteiger partial charge in [0.05, 0.1) is 19.8 Å². The van der Waals surface area contributed by atoms with Crippen LogP contribution in [-0.2, 0) is 24.3 Å². The molecular formula is C17H19NO2S. The van der Waals surface area contributed by atoms with E-state index >= 15 is 0 Å². The molecule has 110 valence electrons. The molecule has 0 bridgehead atoms. The van der Waals surface area contributed by atoms with Crippen LogP contribution < -0.4 is 5.32 Å². The van der Waals surface area contributed by atoms with E-state index in [0.717, 1.165) is 41.9 Å². The molecule has 0 aliphatic heterocycles. The van der Waals surface area contributed by atoms with Crippen molar-refractivity contribution in [3.8, 4) is 0 Å². The smallest absolute Gasteiger partial charge is 0.134 e. The van der Waals surface area contributed by atoms with Gasteiger partial charge in [-0.05, 0) is 24.6 Å². The molecule has 0 aliphatic rings. The minimum Gasteiger partial charge on any atom is -0.459 e. The molecule has 0 fully saturated rings. The molecule has 3 nitrogen and oxygen atoms in total. The average molecular weight is 301 g/mol. The summed E-state index contributed by atoms with van der Waals surface area (Å²) in [7, 11) is 1.93. The summed E-state index contributed by atoms with van der Waals surface area (Å²) in [6, 6.07) is 12.4. The minimum absolute atomic E-state index is 0.597. The fourth-order valence-corrected chi connectivity index (χ4v) is 3.10. The number of ether oxygens (including phenoxy) is 1. The van der Waals surface area contributed by atoms with E-state index in [1.807, 2.05) is 25.2 Å². The van der Waals surface area contributed by atoms with E-state index in [-0.39, 0.29) is 0 Å². The first-order chi connectivity index (χ1) is 10.4. The van der Waals surface area contributed by atoms with E-state index in [1.165, 1.54) is 4.88 Å². The maximum Gasteiger partial charge on any atom is 0.134 e. The summed E-state index contributed by atoms with van der Waals surface area (Å²) >= 11 is 1.78. The first-order valence-corrected chi connectivity index (χ1v) is 8.00. The number of rotatable bonds is 7. The normalized spacial score (nSPS) is 11.3. The predicted molar refractivity (Wildman–Crippen MR) is 86.7 cm³/mol. The van der Waals surface area contributed by atoms with Crippen LogP contribution in [0.4, 0.5) is 0 Å². The SMILES string of the molecule is CNCc1oc2ccccc2c1COCCc1cccs1. The van der Waals surface area contributed by atoms with E-state index in [2.05, 4.69) is 28.9 Å². The third-order valence-corrected chi connectivity index (χ3v) is 4.37. The number of thiophene rings is 1. The molecule has 0 saturated heterocycles. The van der Waals surface area contributed by atoms with Gasteiger partial charge in [0.2, 0.25) is 0 Å². The van der Waals surface area contributed by atoms with Gasteiger partial charge in [-0.1, -0.05) is 24.3 Å². The zero-order valence-electron chi connectivity index (χ0n) is 12.1. The Morgan fingerprint density at radius 3 is 2.90 bits per heavy atom. The highest BCUT2D eigenvalue weighted by molar-refractivity contribution is 7.09. The number of fused-ring (bicyclic) bond motifs is 1. The van der Waals surface area contributed by atoms with Crippen molar-refractivity contribution in [1.82, 2.24) is 5.32 Å². The highest BCUT2D eigenvalue weighted by Gasteiger charge is 2.13. The van der Waals surface area contributed by atoms with E-state index in [0.29, 0.717) is 6.61 Å². The number of hydrogen-bond acceptors (Lipinski definition) is 4. The van der Waals surface area contributed by atoms with Crippen LogP contribution in [0.1, 0.15) is 16.2 Å². The lowest BCUT2D eigenvalue weighted by atomic mass is 10.1. The van der Waals surface area contributed by atoms with E-state index in [9.17, 15) is 0 Å². The van der Waals surface area contributed by atoms with Gasteiger partial charge in [-0.25, -0.2) is 0 Å². The lowest BCUT2D eigenvalue weighted by Gasteiger charge is -2.05. The first-order valence-electron chi connectivity index (χ1n) is 7.12. The van der Waals surface area contributed by atoms with Crippen LogP contribution in [0, 0.1) is 0 Å². The summed E-state index contributed by atoms with van der Waals surface area (Å²) in [5.74, 6) is 0.967. The molecule has 0 aliphatic carbocycles. The summed E-state index contributed by atoms with van der Waals surface area (Å²) in [5, 5.41) is 6.40. The van der Waals surface area contributed by atoms with Gasteiger partial charge >= 0.3 is 0 Å². The lowest BCUT2D eigenvalue weighted by Crippen LogP contribution is -2.07. The molecule has 1 N–H and O–H groups in total. The lowest BCUT2D eigenvalue weighted by molar-refractivity contribution is 0.123. The fourth-order valence-electron chi connectivity index (χ4n) is 2.41. The Balaban J connectivity index is 1.68. The molecule has 0 amide bonds. The summed E-state index contributed by atoms with van der Waals surface area (Å²) < 4.78 is 11.8. The fraction of sp³-hybridized carbons (Fsp3) is 0.294. The van der Waals surface area contributed by atoms with Crippen molar-refractivity contribution in [2.45, 2.75) is 19.6 Å². The number of hydrogen-bond donors (Lipinski definition) is 1. The summed E-state index contributed by atoms with van der Waals surface area (Å²) in [4.78, 5) is 1.36. The Bertz CT molecular complexity index is 688. The standard InChI is InChI=1S/C17H19NO2S/c1-18-11-17-15(14-6-2-3-7-16(14)20-17)12-19-9-8-13-5-4-10-21-13/h2-7,10,18H,8-9,11-12H2,1H3. The van der Waals surface area contributed by atoms with Crippen LogP contribution >= 0.6 is 11.3 Å². The van der Waals surface area contributed by atoms with Gasteiger partial charge in [0.15, 0.2) is 0 Å². The third-order valence-electron chi connectivity index (χ3n) is 3.44. The van der Waals surface area contributed by atoms with Crippen LogP contribution in [0.3, 0.4) is 0 Å². The first kappa shape index (κ1) is 14.3. The van der Waals surface area contributed by atoms with Crippen molar-refractivity contribution < 1.29 is 9.15 Å². The second-order valence-corrected chi connectivity index (χ2v) is 5.94. The molecule has 0 saturated carbocycles. The molecule has 2 aromatic heterocycles. The van der Waals surface area contributed by atoms with Gasteiger partial charge in [0.1, 0.15) is 11.3 Å². The van der Waals surface area contributed by atoms with Crippen molar-refractivity contribution >= 4 is 22.3 Å². The van der Waals surface area contributed by atoms with Gasteiger partial charge in [-0.15, -0.1) is 11.3 Å². The zero-order chi connectivity index (χ0) is 14.5. The van der Waals surface area contributed by atoms with Gasteiger partial charge in [-0.3, -0.25) is 0 Å². The number of furan rings is 1. The Kier molecular flexibility index (Phi) is 4.70. The maximum absolute atomic E-state index is 5.90. The number of nitrogens with one attached hydrogen (secondary N) is 1. The second-order valence-electron chi connectivity index (χ2n) is 4.91. The summed E-state index contributed by atoms with van der Waals surface area (Å²) in [5.41, 5.74) is 2.09. The zero-order valence-corrected chi connectivity index (χ0v) is 12.9. The second kappa shape index (κ2) is 6.89. The summed E-state index contributed by atoms with van der Waals surface area (Å²) in [6.45, 7) is 2.05. The van der Waals surface area contributed by atoms with Crippen LogP contribution in [0.25, 0.3) is 11.0 Å². The van der Waals surface area contributed by atoms with Crippen molar-refractivity contribution in [1.29, 1.82) is 0 Å². The highest BCUT2D eigenvalue weighted by Crippen LogP contribution is 2.26. The van der Waals surface area contributed by atoms with Gasteiger partial charge in [0, 0.05) is 22.2 Å². The van der Waals surface area contributed by atoms with Crippen molar-refractivity contribution in [2.75, 3.05) is 13.7 Å². The molecule has 21 heavy (non-hydrogen) atoms. The molecule has 0 unspecified atom stereocenters. The van der Waals surface area contributed by atoms with Gasteiger partial charge in [0.25, 0.3) is 0 Å². The Labute approximate surface area is 128 Å². The Morgan fingerprint density at radius 2 is 2.10 bits per heavy atom. The molecule has 3 rings (SSSR count). The van der Waals surface area contributed by atoms with Crippen LogP contribution in [0.2, 0.25) is 0 Å². The Morgan fingerprint density at radius 1 is 1.19 bits per heavy atom. The topological polar surface area (TPSA) is 34.4 Å². The highest BCUT2D eigenvalue weighted by atomic mass is 32.1. The Hall–Kier alpha value is -1.62. The van der Waals surface area contributed by atoms with Crippen LogP contribution in [-0.4, -0.2) is 13.7 Å². The number of para-hydroxylation sites is 1. The molecule has 0 radical (unpaired) electrons. The quantitative estimate of drug-likeness (QED) is 0.670. The average Bonchev–Trinajstić information content (AvgIpc) is 3.12. The minimum atomic E-state index is 0.597. The van der Waals surface area contributed by atoms with E-state index in [4.69, 9.17) is 9.15 Å². The predicted octanol–water partition coefficient (Wildman–Crippen LogP) is 3.97. The molecule has 1 aromatic carbocycles. The van der Waals surface area contributed by atoms with Crippen molar-refractivity contribution in [3.05, 3.63) is 58.0 Å². The van der Waals surface area contributed by atoms with E-state index < -0.39 is 0 Å². The summed E-state index contributed by atoms with van der Waals surface area (Å²) in [6.07, 6.45) is 0.967. The number of benzene rings is 1. The van der Waals surface area contributed by atoms with Crippen molar-refractivity contribution in [3.63, 3.8) is 0 Å². The van der Waals surface area contributed by atoms with Crippen molar-refractivity contribution in [2.24, 2.45) is 0 Å². The van der Waals surface area contributed by atoms with Crippen LogP contribution in [0.5, 0.6) is 0 Å². The van der Waals surface area contributed by atoms with Gasteiger partial charge in [-0.2, -0.15) is 0 Å². The molecular weight excluding hydrogens is 282 g/mol. The molecule has 4 heteroatoms. The molecule has 0 atom stereocenters. The van der Waals surface area contributed by atoms with Gasteiger partial charge < -0.3 is 14.5 Å².